The number of morpholine rings is 1. The Morgan fingerprint density at radius 1 is 1.05 bits per heavy atom. The van der Waals surface area contributed by atoms with E-state index in [1.807, 2.05) is 4.90 Å². The molecule has 2 saturated heterocycles. The molecule has 2 amide bonds. The molecule has 14 heteroatoms. The molecule has 1 atom stereocenters. The molecule has 2 N–H and O–H groups in total. The number of alkyl halides is 2. The fraction of sp³-hybridized carbons (Fsp3) is 0.519. The number of halogens is 2. The number of benzene rings is 1. The van der Waals surface area contributed by atoms with E-state index in [1.54, 1.807) is 35.2 Å². The summed E-state index contributed by atoms with van der Waals surface area (Å²) >= 11 is 0. The first kappa shape index (κ1) is 27.1. The first-order valence-electron chi connectivity index (χ1n) is 13.8. The number of para-hydroxylation sites is 2. The van der Waals surface area contributed by atoms with Gasteiger partial charge in [0, 0.05) is 31.7 Å². The molecule has 1 aliphatic carbocycles. The van der Waals surface area contributed by atoms with Crippen LogP contribution in [0.5, 0.6) is 5.88 Å². The van der Waals surface area contributed by atoms with Crippen molar-refractivity contribution < 1.29 is 33.0 Å². The van der Waals surface area contributed by atoms with Crippen molar-refractivity contribution in [2.45, 2.75) is 56.7 Å². The van der Waals surface area contributed by atoms with Crippen molar-refractivity contribution in [2.75, 3.05) is 37.7 Å². The summed E-state index contributed by atoms with van der Waals surface area (Å²) in [7, 11) is 0. The van der Waals surface area contributed by atoms with Crippen LogP contribution < -0.4 is 15.0 Å². The smallest absolute Gasteiger partial charge is 0.405 e. The largest absolute Gasteiger partial charge is 0.474 e. The summed E-state index contributed by atoms with van der Waals surface area (Å²) in [6, 6.07) is 7.81. The van der Waals surface area contributed by atoms with Gasteiger partial charge in [0.1, 0.15) is 18.0 Å². The molecule has 3 aliphatic rings. The van der Waals surface area contributed by atoms with Crippen LogP contribution >= 0.6 is 0 Å². The predicted molar refractivity (Wildman–Crippen MR) is 143 cm³/mol. The molecule has 1 aromatic carbocycles. The van der Waals surface area contributed by atoms with Crippen molar-refractivity contribution in [3.63, 3.8) is 0 Å². The lowest BCUT2D eigenvalue weighted by atomic mass is 9.92. The highest BCUT2D eigenvalue weighted by molar-refractivity contribution is 5.87. The number of imidazole rings is 1. The Bertz CT molecular complexity index is 1420. The standard InChI is InChI=1S/C27H31F2N7O5/c28-23(29)24-30-18-3-1-2-4-20(18)36(24)21-15-22(33-26(32-21)34-11-13-40-14-12-34)41-17-7-5-16(6-8-17)35-10-9-19(25(35)37)31-27(38)39/h1-4,15-17,19,23,31H,5-14H2,(H,38,39)/t16?,17?,19-/m0/s1. The fourth-order valence-corrected chi connectivity index (χ4v) is 5.91. The Morgan fingerprint density at radius 3 is 2.54 bits per heavy atom. The summed E-state index contributed by atoms with van der Waals surface area (Å²) in [5, 5.41) is 11.3. The number of fused-ring (bicyclic) bond motifs is 1. The van der Waals surface area contributed by atoms with Gasteiger partial charge in [-0.1, -0.05) is 12.1 Å². The third kappa shape index (κ3) is 5.60. The molecule has 6 rings (SSSR count). The maximum absolute atomic E-state index is 14.1. The molecule has 3 fully saturated rings. The number of carboxylic acid groups (broad SMARTS) is 1. The second kappa shape index (κ2) is 11.4. The lowest BCUT2D eigenvalue weighted by Gasteiger charge is -2.34. The zero-order valence-electron chi connectivity index (χ0n) is 22.3. The first-order chi connectivity index (χ1) is 19.9. The highest BCUT2D eigenvalue weighted by Gasteiger charge is 2.38. The van der Waals surface area contributed by atoms with Gasteiger partial charge in [-0.3, -0.25) is 9.36 Å². The lowest BCUT2D eigenvalue weighted by Crippen LogP contribution is -2.46. The van der Waals surface area contributed by atoms with E-state index in [0.717, 1.165) is 0 Å². The molecule has 12 nitrogen and oxygen atoms in total. The van der Waals surface area contributed by atoms with E-state index in [0.29, 0.717) is 81.9 Å². The fourth-order valence-electron chi connectivity index (χ4n) is 5.91. The number of nitrogens with one attached hydrogen (secondary N) is 1. The third-order valence-electron chi connectivity index (χ3n) is 7.89. The van der Waals surface area contributed by atoms with Crippen LogP contribution in [0, 0.1) is 0 Å². The Labute approximate surface area is 234 Å². The van der Waals surface area contributed by atoms with E-state index in [1.165, 1.54) is 4.57 Å². The van der Waals surface area contributed by atoms with E-state index in [-0.39, 0.29) is 29.8 Å². The summed E-state index contributed by atoms with van der Waals surface area (Å²) in [6.45, 7) is 2.64. The van der Waals surface area contributed by atoms with Crippen molar-refractivity contribution in [3.05, 3.63) is 36.2 Å². The Kier molecular flexibility index (Phi) is 7.56. The van der Waals surface area contributed by atoms with Crippen LogP contribution in [-0.2, 0) is 9.53 Å². The topological polar surface area (TPSA) is 135 Å². The van der Waals surface area contributed by atoms with Gasteiger partial charge in [-0.2, -0.15) is 9.97 Å². The monoisotopic (exact) mass is 571 g/mol. The van der Waals surface area contributed by atoms with Crippen LogP contribution in [0.3, 0.4) is 0 Å². The average Bonchev–Trinajstić information content (AvgIpc) is 3.54. The molecule has 4 heterocycles. The SMILES string of the molecule is O=C(O)N[C@H]1CCN(C2CCC(Oc3cc(-n4c(C(F)F)nc5ccccc54)nc(N4CCOCC4)n3)CC2)C1=O. The Balaban J connectivity index is 1.24. The highest BCUT2D eigenvalue weighted by atomic mass is 19.3. The number of amides is 2. The van der Waals surface area contributed by atoms with Crippen LogP contribution in [0.4, 0.5) is 19.5 Å². The van der Waals surface area contributed by atoms with Crippen LogP contribution in [0.1, 0.15) is 44.4 Å². The first-order valence-corrected chi connectivity index (χ1v) is 13.8. The number of carbonyl (C=O) groups excluding carboxylic acids is 1. The summed E-state index contributed by atoms with van der Waals surface area (Å²) in [6.07, 6.45) is -1.03. The number of hydrogen-bond donors (Lipinski definition) is 2. The quantitative estimate of drug-likeness (QED) is 0.439. The molecule has 1 saturated carbocycles. The second-order valence-electron chi connectivity index (χ2n) is 10.4. The van der Waals surface area contributed by atoms with E-state index >= 15 is 0 Å². The van der Waals surface area contributed by atoms with Crippen LogP contribution in [-0.4, -0.2) is 92.6 Å². The number of aromatic nitrogens is 4. The molecule has 218 valence electrons. The molecule has 2 aliphatic heterocycles. The third-order valence-corrected chi connectivity index (χ3v) is 7.89. The van der Waals surface area contributed by atoms with Gasteiger partial charge in [0.25, 0.3) is 6.43 Å². The van der Waals surface area contributed by atoms with Gasteiger partial charge < -0.3 is 29.7 Å². The van der Waals surface area contributed by atoms with Gasteiger partial charge in [0.2, 0.25) is 17.7 Å². The number of rotatable bonds is 7. The molecule has 2 aromatic heterocycles. The van der Waals surface area contributed by atoms with Gasteiger partial charge >= 0.3 is 6.09 Å². The second-order valence-corrected chi connectivity index (χ2v) is 10.4. The van der Waals surface area contributed by atoms with Gasteiger partial charge in [-0.25, -0.2) is 18.6 Å². The van der Waals surface area contributed by atoms with Crippen molar-refractivity contribution in [2.24, 2.45) is 0 Å². The molecule has 0 bridgehead atoms. The number of likely N-dealkylation sites (tertiary alicyclic amines) is 1. The maximum Gasteiger partial charge on any atom is 0.405 e. The molecule has 3 aromatic rings. The summed E-state index contributed by atoms with van der Waals surface area (Å²) in [5.74, 6) is 0.298. The highest BCUT2D eigenvalue weighted by Crippen LogP contribution is 2.32. The Hall–Kier alpha value is -4.07. The molecular formula is C27H31F2N7O5. The minimum absolute atomic E-state index is 0.0127. The number of nitrogens with zero attached hydrogens (tertiary/aromatic N) is 6. The summed E-state index contributed by atoms with van der Waals surface area (Å²) in [4.78, 5) is 40.9. The van der Waals surface area contributed by atoms with Crippen LogP contribution in [0.25, 0.3) is 16.9 Å². The van der Waals surface area contributed by atoms with Crippen molar-refractivity contribution >= 4 is 29.0 Å². The number of carbonyl (C=O) groups is 2. The van der Waals surface area contributed by atoms with Crippen molar-refractivity contribution in [1.82, 2.24) is 29.7 Å². The minimum Gasteiger partial charge on any atom is -0.474 e. The molecular weight excluding hydrogens is 540 g/mol. The minimum atomic E-state index is -2.82. The van der Waals surface area contributed by atoms with Crippen LogP contribution in [0.2, 0.25) is 0 Å². The van der Waals surface area contributed by atoms with E-state index in [9.17, 15) is 18.4 Å². The molecule has 41 heavy (non-hydrogen) atoms. The van der Waals surface area contributed by atoms with Gasteiger partial charge in [-0.15, -0.1) is 0 Å². The summed E-state index contributed by atoms with van der Waals surface area (Å²) in [5.41, 5.74) is 0.944. The molecule has 0 spiro atoms. The normalized spacial score (nSPS) is 23.4. The van der Waals surface area contributed by atoms with E-state index in [2.05, 4.69) is 20.3 Å². The van der Waals surface area contributed by atoms with Gasteiger partial charge in [-0.05, 0) is 44.2 Å². The zero-order valence-corrected chi connectivity index (χ0v) is 22.3. The van der Waals surface area contributed by atoms with Crippen molar-refractivity contribution in [3.8, 4) is 11.7 Å². The van der Waals surface area contributed by atoms with Crippen molar-refractivity contribution in [1.29, 1.82) is 0 Å². The van der Waals surface area contributed by atoms with E-state index in [4.69, 9.17) is 14.6 Å². The van der Waals surface area contributed by atoms with Gasteiger partial charge in [0.05, 0.1) is 24.2 Å². The Morgan fingerprint density at radius 2 is 1.80 bits per heavy atom. The van der Waals surface area contributed by atoms with E-state index < -0.39 is 24.4 Å². The molecule has 0 radical (unpaired) electrons. The van der Waals surface area contributed by atoms with Crippen LogP contribution in [0.15, 0.2) is 30.3 Å². The van der Waals surface area contributed by atoms with Gasteiger partial charge in [0.15, 0.2) is 5.82 Å². The zero-order chi connectivity index (χ0) is 28.5. The molecule has 0 unspecified atom stereocenters. The number of anilines is 1. The predicted octanol–water partition coefficient (Wildman–Crippen LogP) is 3.15. The number of ether oxygens (including phenoxy) is 2. The summed E-state index contributed by atoms with van der Waals surface area (Å²) < 4.78 is 41.4. The number of hydrogen-bond acceptors (Lipinski definition) is 8. The average molecular weight is 572 g/mol. The lowest BCUT2D eigenvalue weighted by molar-refractivity contribution is -0.132. The maximum atomic E-state index is 14.1.